The van der Waals surface area contributed by atoms with Gasteiger partial charge in [0.2, 0.25) is 0 Å². The molecule has 1 saturated heterocycles. The van der Waals surface area contributed by atoms with E-state index in [9.17, 15) is 4.79 Å². The van der Waals surface area contributed by atoms with Gasteiger partial charge in [0.1, 0.15) is 6.04 Å². The van der Waals surface area contributed by atoms with Gasteiger partial charge in [-0.1, -0.05) is 12.1 Å². The number of para-hydroxylation sites is 2. The number of rotatable bonds is 1. The number of H-pyrrole nitrogens is 1. The summed E-state index contributed by atoms with van der Waals surface area (Å²) in [5, 5.41) is 11.2. The molecule has 1 aliphatic heterocycles. The molecule has 0 aliphatic carbocycles. The maximum absolute atomic E-state index is 10.1. The first kappa shape index (κ1) is 11.6. The summed E-state index contributed by atoms with van der Waals surface area (Å²) in [5.41, 5.74) is 2.12. The molecule has 0 bridgehead atoms. The Labute approximate surface area is 98.9 Å². The second-order valence-corrected chi connectivity index (χ2v) is 3.91. The highest BCUT2D eigenvalue weighted by atomic mass is 16.4. The second kappa shape index (κ2) is 5.45. The Morgan fingerprint density at radius 3 is 2.82 bits per heavy atom. The van der Waals surface area contributed by atoms with E-state index in [4.69, 9.17) is 5.11 Å². The van der Waals surface area contributed by atoms with Crippen molar-refractivity contribution in [1.82, 2.24) is 15.3 Å². The Balaban J connectivity index is 0.000000128. The van der Waals surface area contributed by atoms with Crippen molar-refractivity contribution in [3.63, 3.8) is 0 Å². The molecule has 0 amide bonds. The summed E-state index contributed by atoms with van der Waals surface area (Å²) in [4.78, 5) is 17.2. The van der Waals surface area contributed by atoms with Crippen molar-refractivity contribution >= 4 is 17.0 Å². The number of nitrogens with zero attached hydrogens (tertiary/aromatic N) is 1. The number of carbonyl (C=O) groups is 1. The Morgan fingerprint density at radius 2 is 2.24 bits per heavy atom. The molecule has 3 N–H and O–H groups in total. The van der Waals surface area contributed by atoms with Crippen LogP contribution in [0.3, 0.4) is 0 Å². The van der Waals surface area contributed by atoms with Crippen LogP contribution in [0.25, 0.3) is 11.0 Å². The zero-order valence-electron chi connectivity index (χ0n) is 9.39. The molecule has 2 heterocycles. The zero-order chi connectivity index (χ0) is 12.1. The number of carboxylic acids is 1. The van der Waals surface area contributed by atoms with E-state index in [-0.39, 0.29) is 6.04 Å². The fourth-order valence-electron chi connectivity index (χ4n) is 1.77. The molecule has 0 unspecified atom stereocenters. The minimum atomic E-state index is -0.720. The van der Waals surface area contributed by atoms with E-state index in [2.05, 4.69) is 15.3 Å². The van der Waals surface area contributed by atoms with E-state index in [1.54, 1.807) is 6.33 Å². The number of aliphatic carboxylic acids is 1. The lowest BCUT2D eigenvalue weighted by molar-refractivity contribution is -0.139. The predicted octanol–water partition coefficient (Wildman–Crippen LogP) is 1.39. The van der Waals surface area contributed by atoms with Gasteiger partial charge in [-0.25, -0.2) is 4.98 Å². The summed E-state index contributed by atoms with van der Waals surface area (Å²) in [6, 6.07) is 7.67. The highest BCUT2D eigenvalue weighted by Crippen LogP contribution is 2.05. The molecule has 1 fully saturated rings. The number of hydrogen-bond donors (Lipinski definition) is 3. The summed E-state index contributed by atoms with van der Waals surface area (Å²) in [6.07, 6.45) is 3.48. The summed E-state index contributed by atoms with van der Waals surface area (Å²) in [6.45, 7) is 0.858. The fraction of sp³-hybridized carbons (Fsp3) is 0.333. The van der Waals surface area contributed by atoms with Gasteiger partial charge in [0.15, 0.2) is 0 Å². The number of fused-ring (bicyclic) bond motifs is 1. The van der Waals surface area contributed by atoms with Crippen molar-refractivity contribution in [2.75, 3.05) is 6.54 Å². The van der Waals surface area contributed by atoms with Gasteiger partial charge in [0.25, 0.3) is 0 Å². The lowest BCUT2D eigenvalue weighted by atomic mass is 10.2. The Bertz CT molecular complexity index is 459. The molecule has 1 aliphatic rings. The van der Waals surface area contributed by atoms with Crippen molar-refractivity contribution < 1.29 is 9.90 Å². The van der Waals surface area contributed by atoms with Gasteiger partial charge in [-0.15, -0.1) is 0 Å². The molecule has 17 heavy (non-hydrogen) atoms. The van der Waals surface area contributed by atoms with Crippen LogP contribution >= 0.6 is 0 Å². The topological polar surface area (TPSA) is 78.0 Å². The van der Waals surface area contributed by atoms with Crippen LogP contribution in [0.5, 0.6) is 0 Å². The van der Waals surface area contributed by atoms with Crippen molar-refractivity contribution in [2.45, 2.75) is 18.9 Å². The minimum Gasteiger partial charge on any atom is -0.480 e. The average Bonchev–Trinajstić information content (AvgIpc) is 3.01. The first-order valence-corrected chi connectivity index (χ1v) is 5.61. The van der Waals surface area contributed by atoms with Crippen LogP contribution < -0.4 is 5.32 Å². The molecule has 0 saturated carbocycles. The van der Waals surface area contributed by atoms with E-state index in [0.717, 1.165) is 30.4 Å². The molecule has 1 atom stereocenters. The number of benzene rings is 1. The van der Waals surface area contributed by atoms with Crippen molar-refractivity contribution in [3.8, 4) is 0 Å². The molecular weight excluding hydrogens is 218 g/mol. The van der Waals surface area contributed by atoms with Crippen LogP contribution in [0.4, 0.5) is 0 Å². The smallest absolute Gasteiger partial charge is 0.320 e. The Kier molecular flexibility index (Phi) is 3.72. The zero-order valence-corrected chi connectivity index (χ0v) is 9.39. The molecule has 0 radical (unpaired) electrons. The van der Waals surface area contributed by atoms with Gasteiger partial charge in [-0.05, 0) is 31.5 Å². The van der Waals surface area contributed by atoms with E-state index >= 15 is 0 Å². The molecule has 2 aromatic rings. The van der Waals surface area contributed by atoms with Crippen LogP contribution in [-0.2, 0) is 4.79 Å². The first-order chi connectivity index (χ1) is 8.27. The van der Waals surface area contributed by atoms with Crippen molar-refractivity contribution in [2.24, 2.45) is 0 Å². The number of aromatic nitrogens is 2. The SMILES string of the molecule is O=C(O)[C@@H]1CCCN1.c1ccc2[nH]cnc2c1. The maximum Gasteiger partial charge on any atom is 0.320 e. The number of imidazole rings is 1. The van der Waals surface area contributed by atoms with Crippen LogP contribution in [0.15, 0.2) is 30.6 Å². The minimum absolute atomic E-state index is 0.269. The van der Waals surface area contributed by atoms with Gasteiger partial charge in [0, 0.05) is 0 Å². The molecule has 1 aromatic carbocycles. The lowest BCUT2D eigenvalue weighted by Gasteiger charge is -1.99. The third-order valence-corrected chi connectivity index (χ3v) is 2.69. The van der Waals surface area contributed by atoms with Gasteiger partial charge in [0.05, 0.1) is 17.4 Å². The summed E-state index contributed by atoms with van der Waals surface area (Å²) < 4.78 is 0. The summed E-state index contributed by atoms with van der Waals surface area (Å²) in [5.74, 6) is -0.720. The first-order valence-electron chi connectivity index (χ1n) is 5.61. The summed E-state index contributed by atoms with van der Waals surface area (Å²) in [7, 11) is 0. The highest BCUT2D eigenvalue weighted by Gasteiger charge is 2.20. The second-order valence-electron chi connectivity index (χ2n) is 3.91. The van der Waals surface area contributed by atoms with Crippen molar-refractivity contribution in [1.29, 1.82) is 0 Å². The molecule has 1 aromatic heterocycles. The van der Waals surface area contributed by atoms with E-state index in [0.29, 0.717) is 0 Å². The third-order valence-electron chi connectivity index (χ3n) is 2.69. The van der Waals surface area contributed by atoms with Gasteiger partial charge in [-0.2, -0.15) is 0 Å². The Hall–Kier alpha value is -1.88. The van der Waals surface area contributed by atoms with E-state index in [1.165, 1.54) is 0 Å². The fourth-order valence-corrected chi connectivity index (χ4v) is 1.77. The molecule has 5 nitrogen and oxygen atoms in total. The molecule has 5 heteroatoms. The number of hydrogen-bond acceptors (Lipinski definition) is 3. The van der Waals surface area contributed by atoms with Crippen molar-refractivity contribution in [3.05, 3.63) is 30.6 Å². The average molecular weight is 233 g/mol. The quantitative estimate of drug-likeness (QED) is 0.695. The van der Waals surface area contributed by atoms with Gasteiger partial charge in [-0.3, -0.25) is 4.79 Å². The van der Waals surface area contributed by atoms with Gasteiger partial charge < -0.3 is 15.4 Å². The third kappa shape index (κ3) is 3.04. The number of carboxylic acid groups (broad SMARTS) is 1. The van der Waals surface area contributed by atoms with E-state index in [1.807, 2.05) is 24.3 Å². The normalized spacial score (nSPS) is 18.7. The lowest BCUT2D eigenvalue weighted by Crippen LogP contribution is -2.29. The highest BCUT2D eigenvalue weighted by molar-refractivity contribution is 5.74. The van der Waals surface area contributed by atoms with Gasteiger partial charge >= 0.3 is 5.97 Å². The summed E-state index contributed by atoms with van der Waals surface area (Å²) >= 11 is 0. The molecule has 3 rings (SSSR count). The largest absolute Gasteiger partial charge is 0.480 e. The van der Waals surface area contributed by atoms with Crippen LogP contribution in [0.2, 0.25) is 0 Å². The van der Waals surface area contributed by atoms with Crippen LogP contribution in [0.1, 0.15) is 12.8 Å². The van der Waals surface area contributed by atoms with Crippen LogP contribution in [0, 0.1) is 0 Å². The van der Waals surface area contributed by atoms with Crippen LogP contribution in [-0.4, -0.2) is 33.6 Å². The predicted molar refractivity (Wildman–Crippen MR) is 64.8 cm³/mol. The number of nitrogens with one attached hydrogen (secondary N) is 2. The Morgan fingerprint density at radius 1 is 1.41 bits per heavy atom. The number of aromatic amines is 1. The molecular formula is C12H15N3O2. The maximum atomic E-state index is 10.1. The molecule has 90 valence electrons. The molecule has 0 spiro atoms. The monoisotopic (exact) mass is 233 g/mol. The van der Waals surface area contributed by atoms with E-state index < -0.39 is 5.97 Å². The standard InChI is InChI=1S/C7H6N2.C5H9NO2/c1-2-4-7-6(3-1)8-5-9-7;7-5(8)4-2-1-3-6-4/h1-5H,(H,8,9);4,6H,1-3H2,(H,7,8)/t;4-/m.0/s1.